The van der Waals surface area contributed by atoms with Gasteiger partial charge < -0.3 is 19.5 Å². The highest BCUT2D eigenvalue weighted by molar-refractivity contribution is 5.98. The van der Waals surface area contributed by atoms with Crippen molar-refractivity contribution in [3.05, 3.63) is 53.1 Å². The summed E-state index contributed by atoms with van der Waals surface area (Å²) in [5.74, 6) is 0.0839. The van der Waals surface area contributed by atoms with Crippen LogP contribution in [0.15, 0.2) is 36.4 Å². The van der Waals surface area contributed by atoms with Crippen LogP contribution in [0.5, 0.6) is 11.5 Å². The zero-order valence-corrected chi connectivity index (χ0v) is 13.4. The number of benzene rings is 2. The SMILES string of the molecule is COc1cc2c(cc1OC)CN(c1cccc(C(=O)O)c1)C(=O)C2. The zero-order chi connectivity index (χ0) is 17.3. The maximum absolute atomic E-state index is 12.5. The van der Waals surface area contributed by atoms with Crippen molar-refractivity contribution in [2.75, 3.05) is 19.1 Å². The number of rotatable bonds is 4. The molecule has 0 radical (unpaired) electrons. The van der Waals surface area contributed by atoms with Crippen molar-refractivity contribution in [1.82, 2.24) is 0 Å². The lowest BCUT2D eigenvalue weighted by Gasteiger charge is -2.29. The van der Waals surface area contributed by atoms with Gasteiger partial charge in [0, 0.05) is 5.69 Å². The van der Waals surface area contributed by atoms with E-state index >= 15 is 0 Å². The molecule has 1 heterocycles. The predicted molar refractivity (Wildman–Crippen MR) is 87.8 cm³/mol. The summed E-state index contributed by atoms with van der Waals surface area (Å²) in [7, 11) is 3.12. The number of ether oxygens (including phenoxy) is 2. The molecule has 1 aliphatic rings. The number of hydrogen-bond acceptors (Lipinski definition) is 4. The molecule has 3 rings (SSSR count). The van der Waals surface area contributed by atoms with Gasteiger partial charge in [0.25, 0.3) is 0 Å². The Morgan fingerprint density at radius 1 is 1.08 bits per heavy atom. The van der Waals surface area contributed by atoms with E-state index in [0.717, 1.165) is 11.1 Å². The summed E-state index contributed by atoms with van der Waals surface area (Å²) in [5.41, 5.74) is 2.56. The maximum atomic E-state index is 12.5. The van der Waals surface area contributed by atoms with Gasteiger partial charge in [-0.3, -0.25) is 4.79 Å². The number of fused-ring (bicyclic) bond motifs is 1. The molecule has 6 nitrogen and oxygen atoms in total. The minimum atomic E-state index is -1.02. The third-order valence-electron chi connectivity index (χ3n) is 4.08. The third kappa shape index (κ3) is 2.78. The first kappa shape index (κ1) is 15.9. The molecular formula is C18H17NO5. The number of carboxylic acids is 1. The molecule has 0 spiro atoms. The smallest absolute Gasteiger partial charge is 0.335 e. The largest absolute Gasteiger partial charge is 0.493 e. The van der Waals surface area contributed by atoms with Crippen LogP contribution < -0.4 is 14.4 Å². The first-order valence-electron chi connectivity index (χ1n) is 7.41. The van der Waals surface area contributed by atoms with Crippen LogP contribution >= 0.6 is 0 Å². The average Bonchev–Trinajstić information content (AvgIpc) is 2.60. The van der Waals surface area contributed by atoms with Gasteiger partial charge in [0.2, 0.25) is 5.91 Å². The van der Waals surface area contributed by atoms with Gasteiger partial charge >= 0.3 is 5.97 Å². The van der Waals surface area contributed by atoms with Crippen LogP contribution in [0.4, 0.5) is 5.69 Å². The Hall–Kier alpha value is -3.02. The Labute approximate surface area is 139 Å². The predicted octanol–water partition coefficient (Wildman–Crippen LogP) is 2.49. The van der Waals surface area contributed by atoms with E-state index in [4.69, 9.17) is 14.6 Å². The normalized spacial score (nSPS) is 13.4. The van der Waals surface area contributed by atoms with Crippen molar-refractivity contribution in [2.24, 2.45) is 0 Å². The van der Waals surface area contributed by atoms with E-state index in [2.05, 4.69) is 0 Å². The standard InChI is InChI=1S/C18H17NO5/c1-23-15-7-12-9-17(20)19(10-13(12)8-16(15)24-2)14-5-3-4-11(6-14)18(21)22/h3-8H,9-10H2,1-2H3,(H,21,22). The number of carbonyl (C=O) groups excluding carboxylic acids is 1. The summed E-state index contributed by atoms with van der Waals surface area (Å²) in [4.78, 5) is 25.2. The zero-order valence-electron chi connectivity index (χ0n) is 13.4. The van der Waals surface area contributed by atoms with E-state index in [1.807, 2.05) is 12.1 Å². The van der Waals surface area contributed by atoms with Crippen LogP contribution in [0.25, 0.3) is 0 Å². The fraction of sp³-hybridized carbons (Fsp3) is 0.222. The van der Waals surface area contributed by atoms with Crippen LogP contribution in [0, 0.1) is 0 Å². The number of carbonyl (C=O) groups is 2. The lowest BCUT2D eigenvalue weighted by atomic mass is 9.97. The topological polar surface area (TPSA) is 76.1 Å². The highest BCUT2D eigenvalue weighted by Gasteiger charge is 2.26. The molecule has 124 valence electrons. The molecular weight excluding hydrogens is 310 g/mol. The Morgan fingerprint density at radius 3 is 2.38 bits per heavy atom. The molecule has 1 amide bonds. The molecule has 1 N–H and O–H groups in total. The molecule has 2 aromatic carbocycles. The lowest BCUT2D eigenvalue weighted by Crippen LogP contribution is -2.36. The second-order valence-electron chi connectivity index (χ2n) is 5.49. The fourth-order valence-corrected chi connectivity index (χ4v) is 2.83. The second kappa shape index (κ2) is 6.23. The number of amides is 1. The van der Waals surface area contributed by atoms with Crippen LogP contribution in [0.1, 0.15) is 21.5 Å². The molecule has 24 heavy (non-hydrogen) atoms. The number of carboxylic acid groups (broad SMARTS) is 1. The second-order valence-corrected chi connectivity index (χ2v) is 5.49. The molecule has 6 heteroatoms. The number of nitrogens with zero attached hydrogens (tertiary/aromatic N) is 1. The van der Waals surface area contributed by atoms with E-state index in [9.17, 15) is 9.59 Å². The minimum Gasteiger partial charge on any atom is -0.493 e. The van der Waals surface area contributed by atoms with E-state index in [1.54, 1.807) is 31.3 Å². The van der Waals surface area contributed by atoms with Crippen molar-refractivity contribution < 1.29 is 24.2 Å². The summed E-state index contributed by atoms with van der Waals surface area (Å²) < 4.78 is 10.6. The van der Waals surface area contributed by atoms with Crippen molar-refractivity contribution in [3.8, 4) is 11.5 Å². The Kier molecular flexibility index (Phi) is 4.12. The number of methoxy groups -OCH3 is 2. The number of anilines is 1. The van der Waals surface area contributed by atoms with Crippen LogP contribution in [0.3, 0.4) is 0 Å². The summed E-state index contributed by atoms with van der Waals surface area (Å²) in [5, 5.41) is 9.12. The van der Waals surface area contributed by atoms with Gasteiger partial charge in [0.05, 0.1) is 32.7 Å². The van der Waals surface area contributed by atoms with Crippen molar-refractivity contribution in [2.45, 2.75) is 13.0 Å². The van der Waals surface area contributed by atoms with Gasteiger partial charge in [0.15, 0.2) is 11.5 Å². The molecule has 0 unspecified atom stereocenters. The van der Waals surface area contributed by atoms with Gasteiger partial charge in [-0.15, -0.1) is 0 Å². The summed E-state index contributed by atoms with van der Waals surface area (Å²) in [6, 6.07) is 10.0. The van der Waals surface area contributed by atoms with Gasteiger partial charge in [-0.2, -0.15) is 0 Å². The third-order valence-corrected chi connectivity index (χ3v) is 4.08. The molecule has 0 fully saturated rings. The van der Waals surface area contributed by atoms with Crippen molar-refractivity contribution in [3.63, 3.8) is 0 Å². The summed E-state index contributed by atoms with van der Waals surface area (Å²) in [6.07, 6.45) is 0.229. The molecule has 1 aliphatic heterocycles. The number of hydrogen-bond donors (Lipinski definition) is 1. The minimum absolute atomic E-state index is 0.0859. The summed E-state index contributed by atoms with van der Waals surface area (Å²) >= 11 is 0. The first-order chi connectivity index (χ1) is 11.5. The van der Waals surface area contributed by atoms with Crippen LogP contribution in [-0.4, -0.2) is 31.2 Å². The van der Waals surface area contributed by atoms with Gasteiger partial charge in [-0.05, 0) is 41.5 Å². The highest BCUT2D eigenvalue weighted by Crippen LogP contribution is 2.34. The maximum Gasteiger partial charge on any atom is 0.335 e. The van der Waals surface area contributed by atoms with Gasteiger partial charge in [0.1, 0.15) is 0 Å². The molecule has 0 aliphatic carbocycles. The van der Waals surface area contributed by atoms with Gasteiger partial charge in [-0.1, -0.05) is 6.07 Å². The summed E-state index contributed by atoms with van der Waals surface area (Å²) in [6.45, 7) is 0.359. The van der Waals surface area contributed by atoms with E-state index in [1.165, 1.54) is 12.1 Å². The Morgan fingerprint density at radius 2 is 1.75 bits per heavy atom. The van der Waals surface area contributed by atoms with Crippen molar-refractivity contribution in [1.29, 1.82) is 0 Å². The molecule has 0 bridgehead atoms. The highest BCUT2D eigenvalue weighted by atomic mass is 16.5. The first-order valence-corrected chi connectivity index (χ1v) is 7.41. The molecule has 2 aromatic rings. The average molecular weight is 327 g/mol. The fourth-order valence-electron chi connectivity index (χ4n) is 2.83. The van der Waals surface area contributed by atoms with E-state index < -0.39 is 5.97 Å². The Bertz CT molecular complexity index is 815. The molecule has 0 saturated carbocycles. The quantitative estimate of drug-likeness (QED) is 0.934. The van der Waals surface area contributed by atoms with Gasteiger partial charge in [-0.25, -0.2) is 4.79 Å². The van der Waals surface area contributed by atoms with Crippen molar-refractivity contribution >= 4 is 17.6 Å². The molecule has 0 aromatic heterocycles. The molecule has 0 atom stereocenters. The van der Waals surface area contributed by atoms with Crippen LogP contribution in [-0.2, 0) is 17.8 Å². The lowest BCUT2D eigenvalue weighted by molar-refractivity contribution is -0.118. The molecule has 0 saturated heterocycles. The number of aromatic carboxylic acids is 1. The van der Waals surface area contributed by atoms with E-state index in [0.29, 0.717) is 23.7 Å². The van der Waals surface area contributed by atoms with E-state index in [-0.39, 0.29) is 17.9 Å². The monoisotopic (exact) mass is 327 g/mol. The van der Waals surface area contributed by atoms with Crippen LogP contribution in [0.2, 0.25) is 0 Å². The Balaban J connectivity index is 1.98.